The number of ether oxygens (including phenoxy) is 2. The number of hydrogen-bond donors (Lipinski definition) is 2. The first-order valence-corrected chi connectivity index (χ1v) is 5.60. The van der Waals surface area contributed by atoms with E-state index < -0.39 is 11.7 Å². The fourth-order valence-corrected chi connectivity index (χ4v) is 1.19. The van der Waals surface area contributed by atoms with Gasteiger partial charge in [0.1, 0.15) is 11.4 Å². The summed E-state index contributed by atoms with van der Waals surface area (Å²) in [7, 11) is 1.58. The third-order valence-electron chi connectivity index (χ3n) is 1.89. The lowest BCUT2D eigenvalue weighted by molar-refractivity contribution is 0.0497. The lowest BCUT2D eigenvalue weighted by atomic mass is 10.2. The number of pyridine rings is 1. The number of amides is 1. The van der Waals surface area contributed by atoms with Crippen molar-refractivity contribution in [1.29, 1.82) is 0 Å². The maximum atomic E-state index is 11.3. The van der Waals surface area contributed by atoms with Crippen LogP contribution < -0.4 is 15.6 Å². The van der Waals surface area contributed by atoms with Gasteiger partial charge < -0.3 is 9.47 Å². The van der Waals surface area contributed by atoms with E-state index in [0.717, 1.165) is 5.56 Å². The van der Waals surface area contributed by atoms with Crippen molar-refractivity contribution in [2.45, 2.75) is 32.9 Å². The number of carbonyl (C=O) groups excluding carboxylic acids is 1. The molecule has 0 spiro atoms. The Balaban J connectivity index is 2.35. The number of carbonyl (C=O) groups is 1. The number of hydrazine groups is 1. The zero-order chi connectivity index (χ0) is 13.6. The third kappa shape index (κ3) is 5.49. The topological polar surface area (TPSA) is 72.5 Å². The Kier molecular flexibility index (Phi) is 4.91. The fourth-order valence-electron chi connectivity index (χ4n) is 1.19. The molecular weight excluding hydrogens is 234 g/mol. The molecule has 0 fully saturated rings. The van der Waals surface area contributed by atoms with Crippen LogP contribution in [-0.4, -0.2) is 23.8 Å². The van der Waals surface area contributed by atoms with Crippen molar-refractivity contribution in [3.8, 4) is 5.75 Å². The molecule has 0 aliphatic rings. The molecule has 0 aromatic carbocycles. The summed E-state index contributed by atoms with van der Waals surface area (Å²) >= 11 is 0. The summed E-state index contributed by atoms with van der Waals surface area (Å²) in [5.74, 6) is 0.673. The summed E-state index contributed by atoms with van der Waals surface area (Å²) in [5, 5.41) is 0. The van der Waals surface area contributed by atoms with Gasteiger partial charge in [-0.25, -0.2) is 10.2 Å². The molecule has 1 aromatic rings. The molecular formula is C12H19N3O3. The molecule has 1 rings (SSSR count). The minimum absolute atomic E-state index is 0.434. The second kappa shape index (κ2) is 6.20. The quantitative estimate of drug-likeness (QED) is 0.798. The number of hydrogen-bond acceptors (Lipinski definition) is 5. The Labute approximate surface area is 107 Å². The molecule has 0 bridgehead atoms. The molecule has 6 heteroatoms. The molecule has 2 N–H and O–H groups in total. The van der Waals surface area contributed by atoms with Gasteiger partial charge in [0, 0.05) is 12.7 Å². The average Bonchev–Trinajstić information content (AvgIpc) is 2.27. The molecule has 6 nitrogen and oxygen atoms in total. The number of nitrogens with one attached hydrogen (secondary N) is 2. The zero-order valence-electron chi connectivity index (χ0n) is 11.1. The van der Waals surface area contributed by atoms with Gasteiger partial charge in [0.15, 0.2) is 0 Å². The smallest absolute Gasteiger partial charge is 0.422 e. The Bertz CT molecular complexity index is 402. The van der Waals surface area contributed by atoms with Gasteiger partial charge in [-0.2, -0.15) is 0 Å². The molecule has 1 aromatic heterocycles. The molecule has 0 atom stereocenters. The normalized spacial score (nSPS) is 10.9. The van der Waals surface area contributed by atoms with Gasteiger partial charge in [-0.05, 0) is 32.4 Å². The molecule has 1 amide bonds. The molecule has 0 saturated carbocycles. The molecule has 0 aliphatic heterocycles. The van der Waals surface area contributed by atoms with Crippen LogP contribution in [0.1, 0.15) is 26.3 Å². The fraction of sp³-hybridized carbons (Fsp3) is 0.500. The van der Waals surface area contributed by atoms with Gasteiger partial charge in [-0.15, -0.1) is 0 Å². The maximum Gasteiger partial charge on any atom is 0.422 e. The lowest BCUT2D eigenvalue weighted by Gasteiger charge is -2.19. The first kappa shape index (κ1) is 14.2. The van der Waals surface area contributed by atoms with Gasteiger partial charge in [-0.1, -0.05) is 0 Å². The highest BCUT2D eigenvalue weighted by molar-refractivity contribution is 5.66. The van der Waals surface area contributed by atoms with E-state index in [1.54, 1.807) is 40.3 Å². The van der Waals surface area contributed by atoms with E-state index in [0.29, 0.717) is 12.3 Å². The largest absolute Gasteiger partial charge is 0.495 e. The van der Waals surface area contributed by atoms with Gasteiger partial charge in [0.2, 0.25) is 0 Å². The molecule has 0 saturated heterocycles. The molecule has 18 heavy (non-hydrogen) atoms. The van der Waals surface area contributed by atoms with Gasteiger partial charge in [-0.3, -0.25) is 10.4 Å². The van der Waals surface area contributed by atoms with Crippen LogP contribution in [0.5, 0.6) is 5.75 Å². The van der Waals surface area contributed by atoms with E-state index in [-0.39, 0.29) is 0 Å². The van der Waals surface area contributed by atoms with E-state index in [9.17, 15) is 4.79 Å². The van der Waals surface area contributed by atoms with E-state index in [1.165, 1.54) is 0 Å². The minimum atomic E-state index is -0.515. The first-order valence-electron chi connectivity index (χ1n) is 5.60. The predicted molar refractivity (Wildman–Crippen MR) is 67.0 cm³/mol. The van der Waals surface area contributed by atoms with Crippen molar-refractivity contribution in [3.05, 3.63) is 24.0 Å². The van der Waals surface area contributed by atoms with Crippen LogP contribution in [0.2, 0.25) is 0 Å². The summed E-state index contributed by atoms with van der Waals surface area (Å²) < 4.78 is 10.1. The summed E-state index contributed by atoms with van der Waals surface area (Å²) in [5.41, 5.74) is 5.58. The summed E-state index contributed by atoms with van der Waals surface area (Å²) in [4.78, 5) is 15.3. The highest BCUT2D eigenvalue weighted by Crippen LogP contribution is 2.09. The van der Waals surface area contributed by atoms with Crippen LogP contribution in [0.25, 0.3) is 0 Å². The van der Waals surface area contributed by atoms with Crippen LogP contribution in [-0.2, 0) is 11.3 Å². The zero-order valence-corrected chi connectivity index (χ0v) is 11.1. The number of rotatable bonds is 4. The summed E-state index contributed by atoms with van der Waals surface area (Å²) in [6.07, 6.45) is 2.79. The van der Waals surface area contributed by atoms with E-state index in [1.807, 2.05) is 6.07 Å². The van der Waals surface area contributed by atoms with Gasteiger partial charge in [0.05, 0.1) is 13.3 Å². The monoisotopic (exact) mass is 253 g/mol. The van der Waals surface area contributed by atoms with Crippen LogP contribution in [0.4, 0.5) is 4.79 Å². The third-order valence-corrected chi connectivity index (χ3v) is 1.89. The van der Waals surface area contributed by atoms with Crippen molar-refractivity contribution in [1.82, 2.24) is 15.8 Å². The van der Waals surface area contributed by atoms with Crippen LogP contribution >= 0.6 is 0 Å². The molecule has 0 aliphatic carbocycles. The minimum Gasteiger partial charge on any atom is -0.495 e. The Hall–Kier alpha value is -1.82. The second-order valence-corrected chi connectivity index (χ2v) is 4.71. The maximum absolute atomic E-state index is 11.3. The number of nitrogens with zero attached hydrogens (tertiary/aromatic N) is 1. The number of methoxy groups -OCH3 is 1. The van der Waals surface area contributed by atoms with Gasteiger partial charge >= 0.3 is 6.09 Å². The van der Waals surface area contributed by atoms with Crippen molar-refractivity contribution < 1.29 is 14.3 Å². The standard InChI is InChI=1S/C12H19N3O3/c1-12(2,3)18-11(16)15-14-7-9-5-10(17-4)8-13-6-9/h5-6,8,14H,7H2,1-4H3,(H,15,16). The Morgan fingerprint density at radius 3 is 2.72 bits per heavy atom. The molecule has 1 heterocycles. The predicted octanol–water partition coefficient (Wildman–Crippen LogP) is 1.62. The van der Waals surface area contributed by atoms with E-state index in [4.69, 9.17) is 9.47 Å². The first-order chi connectivity index (χ1) is 8.40. The van der Waals surface area contributed by atoms with Crippen molar-refractivity contribution in [3.63, 3.8) is 0 Å². The Morgan fingerprint density at radius 1 is 1.39 bits per heavy atom. The van der Waals surface area contributed by atoms with Crippen LogP contribution in [0.3, 0.4) is 0 Å². The molecule has 0 unspecified atom stereocenters. The highest BCUT2D eigenvalue weighted by Gasteiger charge is 2.15. The Morgan fingerprint density at radius 2 is 2.11 bits per heavy atom. The van der Waals surface area contributed by atoms with Crippen LogP contribution in [0.15, 0.2) is 18.5 Å². The van der Waals surface area contributed by atoms with Crippen molar-refractivity contribution >= 4 is 6.09 Å². The molecule has 0 radical (unpaired) electrons. The average molecular weight is 253 g/mol. The summed E-state index contributed by atoms with van der Waals surface area (Å²) in [6, 6.07) is 1.83. The van der Waals surface area contributed by atoms with Crippen molar-refractivity contribution in [2.75, 3.05) is 7.11 Å². The van der Waals surface area contributed by atoms with Gasteiger partial charge in [0.25, 0.3) is 0 Å². The highest BCUT2D eigenvalue weighted by atomic mass is 16.6. The molecule has 100 valence electrons. The second-order valence-electron chi connectivity index (χ2n) is 4.71. The van der Waals surface area contributed by atoms with Crippen LogP contribution in [0, 0.1) is 0 Å². The lowest BCUT2D eigenvalue weighted by Crippen LogP contribution is -2.40. The summed E-state index contributed by atoms with van der Waals surface area (Å²) in [6.45, 7) is 5.85. The van der Waals surface area contributed by atoms with Crippen molar-refractivity contribution in [2.24, 2.45) is 0 Å². The number of aromatic nitrogens is 1. The van der Waals surface area contributed by atoms with E-state index >= 15 is 0 Å². The van der Waals surface area contributed by atoms with E-state index in [2.05, 4.69) is 15.8 Å². The SMILES string of the molecule is COc1cncc(CNNC(=O)OC(C)(C)C)c1.